The van der Waals surface area contributed by atoms with Crippen molar-refractivity contribution >= 4 is 18.4 Å². The summed E-state index contributed by atoms with van der Waals surface area (Å²) in [6, 6.07) is 1.83. The zero-order chi connectivity index (χ0) is 12.1. The first-order chi connectivity index (χ1) is 7.62. The molecule has 0 atom stereocenters. The van der Waals surface area contributed by atoms with Gasteiger partial charge in [0.25, 0.3) is 0 Å². The van der Waals surface area contributed by atoms with Crippen LogP contribution in [-0.4, -0.2) is 9.49 Å². The van der Waals surface area contributed by atoms with Crippen LogP contribution >= 0.6 is 0 Å². The molecule has 0 unspecified atom stereocenters. The van der Waals surface area contributed by atoms with Gasteiger partial charge in [0.15, 0.2) is 0 Å². The highest BCUT2D eigenvalue weighted by molar-refractivity contribution is 5.58. The fourth-order valence-corrected chi connectivity index (χ4v) is 1.40. The van der Waals surface area contributed by atoms with Crippen molar-refractivity contribution in [2.75, 3.05) is 0 Å². The Balaban J connectivity index is 3.14. The molecule has 0 aliphatic rings. The van der Waals surface area contributed by atoms with E-state index in [9.17, 15) is 10.1 Å². The molecule has 1 rings (SSSR count). The molecule has 0 radical (unpaired) electrons. The molecular formula is C12H14N2O2. The summed E-state index contributed by atoms with van der Waals surface area (Å²) in [6.45, 7) is 9.07. The number of allylic oxidation sites excluding steroid dienone is 1. The molecule has 0 spiro atoms. The van der Waals surface area contributed by atoms with Crippen LogP contribution in [-0.2, 0) is 0 Å². The van der Waals surface area contributed by atoms with Crippen LogP contribution in [0.4, 0.5) is 0 Å². The van der Waals surface area contributed by atoms with E-state index in [4.69, 9.17) is 0 Å². The second-order valence-corrected chi connectivity index (χ2v) is 3.24. The number of rotatable bonds is 5. The lowest BCUT2D eigenvalue weighted by molar-refractivity contribution is -0.425. The summed E-state index contributed by atoms with van der Waals surface area (Å²) in [5.74, 6) is 0. The third-order valence-corrected chi connectivity index (χ3v) is 2.24. The van der Waals surface area contributed by atoms with E-state index in [-0.39, 0.29) is 10.6 Å². The van der Waals surface area contributed by atoms with Crippen LogP contribution < -0.4 is 0 Å². The minimum Gasteiger partial charge on any atom is -0.324 e. The number of hydrogen-bond acceptors (Lipinski definition) is 2. The van der Waals surface area contributed by atoms with Crippen molar-refractivity contribution in [3.63, 3.8) is 0 Å². The van der Waals surface area contributed by atoms with Gasteiger partial charge in [0.2, 0.25) is 5.70 Å². The van der Waals surface area contributed by atoms with E-state index in [2.05, 4.69) is 13.2 Å². The van der Waals surface area contributed by atoms with Crippen molar-refractivity contribution < 1.29 is 4.92 Å². The van der Waals surface area contributed by atoms with Crippen LogP contribution in [0.5, 0.6) is 0 Å². The quantitative estimate of drug-likeness (QED) is 0.562. The Kier molecular flexibility index (Phi) is 3.83. The van der Waals surface area contributed by atoms with E-state index < -0.39 is 0 Å². The monoisotopic (exact) mass is 218 g/mol. The Hall–Kier alpha value is -2.10. The summed E-state index contributed by atoms with van der Waals surface area (Å²) in [6.07, 6.45) is 7.05. The van der Waals surface area contributed by atoms with Gasteiger partial charge in [0, 0.05) is 30.6 Å². The van der Waals surface area contributed by atoms with Crippen molar-refractivity contribution in [2.24, 2.45) is 0 Å². The molecule has 16 heavy (non-hydrogen) atoms. The van der Waals surface area contributed by atoms with Crippen LogP contribution in [0.15, 0.2) is 31.1 Å². The van der Waals surface area contributed by atoms with E-state index in [1.54, 1.807) is 36.0 Å². The lowest BCUT2D eigenvalue weighted by Gasteiger charge is -1.94. The van der Waals surface area contributed by atoms with Gasteiger partial charge in [-0.1, -0.05) is 20.1 Å². The minimum atomic E-state index is -0.362. The molecule has 0 saturated heterocycles. The van der Waals surface area contributed by atoms with Gasteiger partial charge in [0.1, 0.15) is 0 Å². The summed E-state index contributed by atoms with van der Waals surface area (Å²) in [5, 5.41) is 10.7. The molecule has 1 heterocycles. The van der Waals surface area contributed by atoms with Crippen LogP contribution in [0.25, 0.3) is 18.4 Å². The molecule has 0 amide bonds. The molecule has 0 fully saturated rings. The molecule has 0 bridgehead atoms. The second kappa shape index (κ2) is 5.11. The van der Waals surface area contributed by atoms with Crippen LogP contribution in [0.3, 0.4) is 0 Å². The molecule has 0 aliphatic heterocycles. The van der Waals surface area contributed by atoms with Crippen LogP contribution in [0, 0.1) is 10.1 Å². The Labute approximate surface area is 94.4 Å². The first-order valence-electron chi connectivity index (χ1n) is 4.94. The molecule has 1 aromatic heterocycles. The SMILES string of the molecule is C=Cc1cc(/C=C(\CC)[N+](=O)[O-])cn1C=C. The number of nitrogens with zero attached hydrogens (tertiary/aromatic N) is 2. The van der Waals surface area contributed by atoms with Crippen molar-refractivity contribution in [3.8, 4) is 0 Å². The van der Waals surface area contributed by atoms with Crippen molar-refractivity contribution in [2.45, 2.75) is 13.3 Å². The molecule has 0 aromatic carbocycles. The van der Waals surface area contributed by atoms with Gasteiger partial charge in [-0.2, -0.15) is 0 Å². The molecule has 4 nitrogen and oxygen atoms in total. The highest BCUT2D eigenvalue weighted by Crippen LogP contribution is 2.15. The van der Waals surface area contributed by atoms with E-state index in [1.165, 1.54) is 0 Å². The average Bonchev–Trinajstić information content (AvgIpc) is 2.67. The van der Waals surface area contributed by atoms with Gasteiger partial charge < -0.3 is 4.57 Å². The summed E-state index contributed by atoms with van der Waals surface area (Å²) in [7, 11) is 0. The Morgan fingerprint density at radius 2 is 2.31 bits per heavy atom. The molecule has 0 aliphatic carbocycles. The zero-order valence-corrected chi connectivity index (χ0v) is 9.22. The first-order valence-corrected chi connectivity index (χ1v) is 4.94. The molecule has 1 aromatic rings. The first kappa shape index (κ1) is 12.0. The topological polar surface area (TPSA) is 48.1 Å². The minimum absolute atomic E-state index is 0.192. The fourth-order valence-electron chi connectivity index (χ4n) is 1.40. The molecule has 0 N–H and O–H groups in total. The fraction of sp³-hybridized carbons (Fsp3) is 0.167. The summed E-state index contributed by atoms with van der Waals surface area (Å²) < 4.78 is 1.77. The van der Waals surface area contributed by atoms with Crippen LogP contribution in [0.1, 0.15) is 24.6 Å². The second-order valence-electron chi connectivity index (χ2n) is 3.24. The maximum atomic E-state index is 10.7. The van der Waals surface area contributed by atoms with Gasteiger partial charge in [-0.05, 0) is 17.7 Å². The predicted octanol–water partition coefficient (Wildman–Crippen LogP) is 3.26. The van der Waals surface area contributed by atoms with Gasteiger partial charge in [-0.3, -0.25) is 10.1 Å². The Morgan fingerprint density at radius 1 is 1.62 bits per heavy atom. The Morgan fingerprint density at radius 3 is 2.69 bits per heavy atom. The predicted molar refractivity (Wildman–Crippen MR) is 66.2 cm³/mol. The molecule has 0 saturated carbocycles. The van der Waals surface area contributed by atoms with E-state index in [0.29, 0.717) is 6.42 Å². The van der Waals surface area contributed by atoms with E-state index >= 15 is 0 Å². The summed E-state index contributed by atoms with van der Waals surface area (Å²) >= 11 is 0. The van der Waals surface area contributed by atoms with Gasteiger partial charge in [-0.15, -0.1) is 0 Å². The summed E-state index contributed by atoms with van der Waals surface area (Å²) in [4.78, 5) is 10.3. The number of aromatic nitrogens is 1. The van der Waals surface area contributed by atoms with Crippen molar-refractivity contribution in [1.29, 1.82) is 0 Å². The lowest BCUT2D eigenvalue weighted by atomic mass is 10.2. The number of hydrogen-bond donors (Lipinski definition) is 0. The van der Waals surface area contributed by atoms with Gasteiger partial charge in [-0.25, -0.2) is 0 Å². The summed E-state index contributed by atoms with van der Waals surface area (Å²) in [5.41, 5.74) is 1.83. The highest BCUT2D eigenvalue weighted by atomic mass is 16.6. The van der Waals surface area contributed by atoms with E-state index in [1.807, 2.05) is 6.07 Å². The largest absolute Gasteiger partial charge is 0.324 e. The van der Waals surface area contributed by atoms with Crippen molar-refractivity contribution in [1.82, 2.24) is 4.57 Å². The van der Waals surface area contributed by atoms with Gasteiger partial charge in [0.05, 0.1) is 4.92 Å². The average molecular weight is 218 g/mol. The number of nitro groups is 1. The third kappa shape index (κ3) is 2.48. The van der Waals surface area contributed by atoms with Crippen molar-refractivity contribution in [3.05, 3.63) is 52.5 Å². The smallest absolute Gasteiger partial charge is 0.246 e. The maximum Gasteiger partial charge on any atom is 0.246 e. The molecule has 4 heteroatoms. The normalized spacial score (nSPS) is 11.2. The maximum absolute atomic E-state index is 10.7. The van der Waals surface area contributed by atoms with Gasteiger partial charge >= 0.3 is 0 Å². The highest BCUT2D eigenvalue weighted by Gasteiger charge is 2.08. The molecule has 84 valence electrons. The lowest BCUT2D eigenvalue weighted by Crippen LogP contribution is -1.96. The molecular weight excluding hydrogens is 204 g/mol. The standard InChI is InChI=1S/C12H14N2O2/c1-4-11-7-10(9-13(11)6-3)8-12(5-2)14(15)16/h4,6-9H,1,3,5H2,2H3/b12-8+. The zero-order valence-electron chi connectivity index (χ0n) is 9.22. The third-order valence-electron chi connectivity index (χ3n) is 2.24. The Bertz CT molecular complexity index is 430. The van der Waals surface area contributed by atoms with E-state index in [0.717, 1.165) is 11.3 Å². The van der Waals surface area contributed by atoms with Crippen LogP contribution in [0.2, 0.25) is 0 Å².